The van der Waals surface area contributed by atoms with E-state index in [0.29, 0.717) is 0 Å². The maximum atomic E-state index is 12.9. The van der Waals surface area contributed by atoms with Gasteiger partial charge in [-0.1, -0.05) is 0 Å². The van der Waals surface area contributed by atoms with Gasteiger partial charge in [0.05, 0.1) is 11.1 Å². The Morgan fingerprint density at radius 3 is 2.69 bits per heavy atom. The van der Waals surface area contributed by atoms with Crippen molar-refractivity contribution in [1.82, 2.24) is 0 Å². The van der Waals surface area contributed by atoms with Gasteiger partial charge in [-0.3, -0.25) is 0 Å². The summed E-state index contributed by atoms with van der Waals surface area (Å²) >= 11 is 0. The number of nitriles is 1. The van der Waals surface area contributed by atoms with Crippen molar-refractivity contribution in [2.75, 3.05) is 0 Å². The number of carboxylic acid groups (broad SMARTS) is 1. The first-order valence-electron chi connectivity index (χ1n) is 3.50. The van der Waals surface area contributed by atoms with Gasteiger partial charge in [0.2, 0.25) is 0 Å². The molecule has 0 fully saturated rings. The Morgan fingerprint density at radius 2 is 2.23 bits per heavy atom. The van der Waals surface area contributed by atoms with Gasteiger partial charge in [-0.25, -0.2) is 9.18 Å². The van der Waals surface area contributed by atoms with Crippen LogP contribution in [-0.4, -0.2) is 11.1 Å². The molecule has 0 saturated heterocycles. The minimum atomic E-state index is -1.22. The smallest absolute Gasteiger partial charge is 0.337 e. The van der Waals surface area contributed by atoms with Crippen molar-refractivity contribution in [2.24, 2.45) is 0 Å². The lowest BCUT2D eigenvalue weighted by atomic mass is 10.0. The molecule has 1 N–H and O–H groups in total. The third-order valence-corrected chi connectivity index (χ3v) is 1.74. The molecule has 0 aliphatic carbocycles. The molecule has 1 aromatic rings. The van der Waals surface area contributed by atoms with Crippen molar-refractivity contribution in [1.29, 1.82) is 5.26 Å². The highest BCUT2D eigenvalue weighted by molar-refractivity contribution is 5.91. The van der Waals surface area contributed by atoms with Crippen LogP contribution in [0.5, 0.6) is 0 Å². The van der Waals surface area contributed by atoms with Crippen molar-refractivity contribution >= 4 is 5.97 Å². The van der Waals surface area contributed by atoms with Crippen LogP contribution in [0.15, 0.2) is 12.1 Å². The second kappa shape index (κ2) is 3.23. The second-order valence-corrected chi connectivity index (χ2v) is 2.51. The molecule has 0 aliphatic heterocycles. The van der Waals surface area contributed by atoms with Crippen LogP contribution in [0.3, 0.4) is 0 Å². The molecule has 0 spiro atoms. The average Bonchev–Trinajstić information content (AvgIpc) is 2.09. The van der Waals surface area contributed by atoms with Crippen LogP contribution in [0.25, 0.3) is 0 Å². The van der Waals surface area contributed by atoms with Crippen molar-refractivity contribution in [3.8, 4) is 6.07 Å². The van der Waals surface area contributed by atoms with E-state index in [4.69, 9.17) is 10.4 Å². The molecule has 0 heterocycles. The third-order valence-electron chi connectivity index (χ3n) is 1.74. The van der Waals surface area contributed by atoms with Crippen LogP contribution in [0.4, 0.5) is 4.39 Å². The zero-order valence-corrected chi connectivity index (χ0v) is 6.84. The van der Waals surface area contributed by atoms with Gasteiger partial charge in [0, 0.05) is 5.56 Å². The molecule has 13 heavy (non-hydrogen) atoms. The quantitative estimate of drug-likeness (QED) is 0.713. The van der Waals surface area contributed by atoms with Crippen molar-refractivity contribution in [3.05, 3.63) is 34.6 Å². The maximum Gasteiger partial charge on any atom is 0.337 e. The van der Waals surface area contributed by atoms with Crippen LogP contribution < -0.4 is 0 Å². The molecule has 0 unspecified atom stereocenters. The summed E-state index contributed by atoms with van der Waals surface area (Å²) < 4.78 is 12.9. The largest absolute Gasteiger partial charge is 0.478 e. The highest BCUT2D eigenvalue weighted by Gasteiger charge is 2.14. The molecule has 0 bridgehead atoms. The first-order valence-corrected chi connectivity index (χ1v) is 3.50. The topological polar surface area (TPSA) is 61.1 Å². The molecule has 4 heteroatoms. The number of carbonyl (C=O) groups is 1. The van der Waals surface area contributed by atoms with E-state index in [1.165, 1.54) is 6.92 Å². The Morgan fingerprint density at radius 1 is 1.62 bits per heavy atom. The Balaban J connectivity index is 3.50. The van der Waals surface area contributed by atoms with Gasteiger partial charge in [-0.15, -0.1) is 0 Å². The van der Waals surface area contributed by atoms with Crippen LogP contribution in [-0.2, 0) is 0 Å². The molecule has 0 atom stereocenters. The van der Waals surface area contributed by atoms with E-state index in [-0.39, 0.29) is 16.7 Å². The van der Waals surface area contributed by atoms with E-state index >= 15 is 0 Å². The average molecular weight is 179 g/mol. The summed E-state index contributed by atoms with van der Waals surface area (Å²) in [6, 6.07) is 3.79. The number of hydrogen-bond acceptors (Lipinski definition) is 2. The number of aromatic carboxylic acids is 1. The maximum absolute atomic E-state index is 12.9. The van der Waals surface area contributed by atoms with Gasteiger partial charge < -0.3 is 5.11 Å². The number of benzene rings is 1. The summed E-state index contributed by atoms with van der Waals surface area (Å²) in [4.78, 5) is 10.6. The number of nitrogens with zero attached hydrogens (tertiary/aromatic N) is 1. The zero-order valence-electron chi connectivity index (χ0n) is 6.84. The van der Waals surface area contributed by atoms with E-state index in [1.807, 2.05) is 0 Å². The monoisotopic (exact) mass is 179 g/mol. The minimum absolute atomic E-state index is 0.0717. The molecule has 0 aliphatic rings. The van der Waals surface area contributed by atoms with Gasteiger partial charge in [0.1, 0.15) is 11.9 Å². The zero-order chi connectivity index (χ0) is 10.0. The molecule has 0 saturated carbocycles. The molecular weight excluding hydrogens is 173 g/mol. The van der Waals surface area contributed by atoms with Crippen molar-refractivity contribution in [3.63, 3.8) is 0 Å². The van der Waals surface area contributed by atoms with Gasteiger partial charge >= 0.3 is 5.97 Å². The summed E-state index contributed by atoms with van der Waals surface area (Å²) in [6.45, 7) is 1.38. The molecular formula is C9H6FNO2. The summed E-state index contributed by atoms with van der Waals surface area (Å²) in [5, 5.41) is 17.2. The summed E-state index contributed by atoms with van der Waals surface area (Å²) in [6.07, 6.45) is 0. The Bertz CT molecular complexity index is 407. The lowest BCUT2D eigenvalue weighted by Crippen LogP contribution is -2.03. The molecule has 0 aromatic heterocycles. The van der Waals surface area contributed by atoms with Gasteiger partial charge in [-0.05, 0) is 19.1 Å². The van der Waals surface area contributed by atoms with Gasteiger partial charge in [-0.2, -0.15) is 5.26 Å². The van der Waals surface area contributed by atoms with Crippen LogP contribution in [0, 0.1) is 24.1 Å². The predicted octanol–water partition coefficient (Wildman–Crippen LogP) is 1.70. The third kappa shape index (κ3) is 1.49. The van der Waals surface area contributed by atoms with Crippen molar-refractivity contribution < 1.29 is 14.3 Å². The first kappa shape index (κ1) is 9.20. The van der Waals surface area contributed by atoms with Crippen LogP contribution >= 0.6 is 0 Å². The minimum Gasteiger partial charge on any atom is -0.478 e. The number of hydrogen-bond donors (Lipinski definition) is 1. The lowest BCUT2D eigenvalue weighted by Gasteiger charge is -2.02. The fourth-order valence-electron chi connectivity index (χ4n) is 1.01. The predicted molar refractivity (Wildman–Crippen MR) is 42.8 cm³/mol. The summed E-state index contributed by atoms with van der Waals surface area (Å²) in [5.74, 6) is -1.79. The van der Waals surface area contributed by atoms with Crippen LogP contribution in [0.1, 0.15) is 21.5 Å². The molecule has 1 aromatic carbocycles. The van der Waals surface area contributed by atoms with E-state index in [2.05, 4.69) is 0 Å². The van der Waals surface area contributed by atoms with E-state index in [1.54, 1.807) is 6.07 Å². The highest BCUT2D eigenvalue weighted by Crippen LogP contribution is 2.16. The Kier molecular flexibility index (Phi) is 2.29. The molecule has 1 rings (SSSR count). The standard InChI is InChI=1S/C9H6FNO2/c1-5-7(4-11)6(9(12)13)2-3-8(5)10/h2-3H,1H3,(H,12,13). The molecule has 0 amide bonds. The number of carboxylic acids is 1. The summed E-state index contributed by atoms with van der Waals surface area (Å²) in [7, 11) is 0. The highest BCUT2D eigenvalue weighted by atomic mass is 19.1. The lowest BCUT2D eigenvalue weighted by molar-refractivity contribution is 0.0696. The van der Waals surface area contributed by atoms with E-state index < -0.39 is 11.8 Å². The normalized spacial score (nSPS) is 9.31. The van der Waals surface area contributed by atoms with Gasteiger partial charge in [0.25, 0.3) is 0 Å². The number of halogens is 1. The summed E-state index contributed by atoms with van der Waals surface area (Å²) in [5.41, 5.74) is -0.212. The fourth-order valence-corrected chi connectivity index (χ4v) is 1.01. The van der Waals surface area contributed by atoms with E-state index in [0.717, 1.165) is 12.1 Å². The first-order chi connectivity index (χ1) is 6.07. The molecule has 66 valence electrons. The fraction of sp³-hybridized carbons (Fsp3) is 0.111. The molecule has 3 nitrogen and oxygen atoms in total. The Labute approximate surface area is 74.0 Å². The number of rotatable bonds is 1. The second-order valence-electron chi connectivity index (χ2n) is 2.51. The van der Waals surface area contributed by atoms with Crippen molar-refractivity contribution in [2.45, 2.75) is 6.92 Å². The van der Waals surface area contributed by atoms with E-state index in [9.17, 15) is 9.18 Å². The van der Waals surface area contributed by atoms with Gasteiger partial charge in [0.15, 0.2) is 0 Å². The SMILES string of the molecule is Cc1c(F)ccc(C(=O)O)c1C#N. The molecule has 0 radical (unpaired) electrons. The van der Waals surface area contributed by atoms with Crippen LogP contribution in [0.2, 0.25) is 0 Å². The Hall–Kier alpha value is -1.89.